The number of rotatable bonds is 3. The second-order valence-corrected chi connectivity index (χ2v) is 4.41. The van der Waals surface area contributed by atoms with Gasteiger partial charge in [0.1, 0.15) is 0 Å². The van der Waals surface area contributed by atoms with E-state index in [2.05, 4.69) is 5.32 Å². The summed E-state index contributed by atoms with van der Waals surface area (Å²) in [6, 6.07) is 7.06. The normalized spacial score (nSPS) is 16.4. The van der Waals surface area contributed by atoms with Gasteiger partial charge in [-0.1, -0.05) is 12.1 Å². The van der Waals surface area contributed by atoms with Gasteiger partial charge in [-0.25, -0.2) is 0 Å². The maximum Gasteiger partial charge on any atom is 0.248 e. The molecule has 1 aromatic carbocycles. The van der Waals surface area contributed by atoms with Gasteiger partial charge in [0.15, 0.2) is 0 Å². The topological polar surface area (TPSA) is 75.4 Å². The van der Waals surface area contributed by atoms with E-state index in [1.165, 1.54) is 0 Å². The molecule has 1 fully saturated rings. The Labute approximate surface area is 106 Å². The van der Waals surface area contributed by atoms with Crippen LogP contribution < -0.4 is 11.1 Å². The summed E-state index contributed by atoms with van der Waals surface area (Å²) >= 11 is 0. The number of carbonyl (C=O) groups is 2. The zero-order chi connectivity index (χ0) is 13.0. The first-order chi connectivity index (χ1) is 8.66. The van der Waals surface area contributed by atoms with Crippen LogP contribution in [-0.2, 0) is 11.3 Å². The lowest BCUT2D eigenvalue weighted by Crippen LogP contribution is -2.34. The highest BCUT2D eigenvalue weighted by Crippen LogP contribution is 2.09. The average Bonchev–Trinajstić information content (AvgIpc) is 2.56. The molecule has 96 valence electrons. The van der Waals surface area contributed by atoms with Crippen molar-refractivity contribution < 1.29 is 9.59 Å². The number of benzene rings is 1. The van der Waals surface area contributed by atoms with Crippen LogP contribution in [0.4, 0.5) is 0 Å². The number of hydrogen-bond acceptors (Lipinski definition) is 3. The summed E-state index contributed by atoms with van der Waals surface area (Å²) in [6.07, 6.45) is 0.963. The van der Waals surface area contributed by atoms with Crippen LogP contribution in [0.5, 0.6) is 0 Å². The van der Waals surface area contributed by atoms with Crippen LogP contribution in [0.3, 0.4) is 0 Å². The van der Waals surface area contributed by atoms with Gasteiger partial charge in [0.2, 0.25) is 11.8 Å². The molecule has 0 spiro atoms. The first-order valence-corrected chi connectivity index (χ1v) is 6.04. The standard InChI is InChI=1S/C13H17N3O2/c14-13(18)11-4-2-10(3-5-11)9-16-7-1-6-15-8-12(16)17/h2-5,15H,1,6-9H2,(H2,14,18). The zero-order valence-corrected chi connectivity index (χ0v) is 10.2. The average molecular weight is 247 g/mol. The monoisotopic (exact) mass is 247 g/mol. The SMILES string of the molecule is NC(=O)c1ccc(CN2CCCNCC2=O)cc1. The minimum Gasteiger partial charge on any atom is -0.366 e. The summed E-state index contributed by atoms with van der Waals surface area (Å²) in [7, 11) is 0. The van der Waals surface area contributed by atoms with Gasteiger partial charge in [-0.3, -0.25) is 9.59 Å². The Hall–Kier alpha value is -1.88. The van der Waals surface area contributed by atoms with Crippen molar-refractivity contribution in [2.45, 2.75) is 13.0 Å². The van der Waals surface area contributed by atoms with Crippen molar-refractivity contribution in [2.75, 3.05) is 19.6 Å². The van der Waals surface area contributed by atoms with Crippen LogP contribution >= 0.6 is 0 Å². The summed E-state index contributed by atoms with van der Waals surface area (Å²) in [5.74, 6) is -0.317. The Morgan fingerprint density at radius 3 is 2.72 bits per heavy atom. The molecule has 1 aliphatic rings. The van der Waals surface area contributed by atoms with Crippen molar-refractivity contribution in [1.29, 1.82) is 0 Å². The predicted octanol–water partition coefficient (Wildman–Crippen LogP) is 0.107. The molecule has 2 rings (SSSR count). The summed E-state index contributed by atoms with van der Waals surface area (Å²) in [5.41, 5.74) is 6.68. The minimum atomic E-state index is -0.434. The van der Waals surface area contributed by atoms with Crippen LogP contribution in [0.2, 0.25) is 0 Å². The zero-order valence-electron chi connectivity index (χ0n) is 10.2. The number of amides is 2. The molecule has 0 saturated carbocycles. The molecule has 1 saturated heterocycles. The predicted molar refractivity (Wildman–Crippen MR) is 67.9 cm³/mol. The van der Waals surface area contributed by atoms with Crippen molar-refractivity contribution >= 4 is 11.8 Å². The van der Waals surface area contributed by atoms with Crippen molar-refractivity contribution in [3.63, 3.8) is 0 Å². The summed E-state index contributed by atoms with van der Waals surface area (Å²) in [6.45, 7) is 2.63. The Morgan fingerprint density at radius 1 is 1.33 bits per heavy atom. The number of nitrogens with zero attached hydrogens (tertiary/aromatic N) is 1. The van der Waals surface area contributed by atoms with E-state index in [1.807, 2.05) is 17.0 Å². The van der Waals surface area contributed by atoms with E-state index in [1.54, 1.807) is 12.1 Å². The van der Waals surface area contributed by atoms with Crippen LogP contribution in [0.15, 0.2) is 24.3 Å². The molecular weight excluding hydrogens is 230 g/mol. The lowest BCUT2D eigenvalue weighted by Gasteiger charge is -2.20. The van der Waals surface area contributed by atoms with Gasteiger partial charge in [-0.15, -0.1) is 0 Å². The fourth-order valence-electron chi connectivity index (χ4n) is 1.99. The largest absolute Gasteiger partial charge is 0.366 e. The van der Waals surface area contributed by atoms with Crippen LogP contribution in [-0.4, -0.2) is 36.3 Å². The van der Waals surface area contributed by atoms with Gasteiger partial charge in [0.25, 0.3) is 0 Å². The van der Waals surface area contributed by atoms with Crippen molar-refractivity contribution in [2.24, 2.45) is 5.73 Å². The van der Waals surface area contributed by atoms with Gasteiger partial charge >= 0.3 is 0 Å². The quantitative estimate of drug-likeness (QED) is 0.796. The lowest BCUT2D eigenvalue weighted by molar-refractivity contribution is -0.130. The number of nitrogens with one attached hydrogen (secondary N) is 1. The molecule has 0 aliphatic carbocycles. The van der Waals surface area contributed by atoms with Gasteiger partial charge < -0.3 is 16.0 Å². The van der Waals surface area contributed by atoms with E-state index in [9.17, 15) is 9.59 Å². The smallest absolute Gasteiger partial charge is 0.248 e. The molecule has 0 bridgehead atoms. The maximum atomic E-state index is 11.8. The second kappa shape index (κ2) is 5.64. The van der Waals surface area contributed by atoms with Crippen molar-refractivity contribution in [3.8, 4) is 0 Å². The summed E-state index contributed by atoms with van der Waals surface area (Å²) in [5, 5.41) is 3.08. The molecule has 5 heteroatoms. The first-order valence-electron chi connectivity index (χ1n) is 6.04. The Morgan fingerprint density at radius 2 is 2.06 bits per heavy atom. The Bertz CT molecular complexity index is 442. The van der Waals surface area contributed by atoms with Crippen LogP contribution in [0, 0.1) is 0 Å². The van der Waals surface area contributed by atoms with E-state index >= 15 is 0 Å². The first kappa shape index (κ1) is 12.6. The molecule has 3 N–H and O–H groups in total. The fraction of sp³-hybridized carbons (Fsp3) is 0.385. The third kappa shape index (κ3) is 3.07. The molecule has 1 heterocycles. The lowest BCUT2D eigenvalue weighted by atomic mass is 10.1. The van der Waals surface area contributed by atoms with E-state index < -0.39 is 5.91 Å². The molecule has 1 aromatic rings. The molecule has 0 radical (unpaired) electrons. The Kier molecular flexibility index (Phi) is 3.94. The molecule has 5 nitrogen and oxygen atoms in total. The minimum absolute atomic E-state index is 0.117. The van der Waals surface area contributed by atoms with Crippen LogP contribution in [0.25, 0.3) is 0 Å². The molecule has 2 amide bonds. The third-order valence-corrected chi connectivity index (χ3v) is 3.02. The fourth-order valence-corrected chi connectivity index (χ4v) is 1.99. The van der Waals surface area contributed by atoms with Crippen LogP contribution in [0.1, 0.15) is 22.3 Å². The number of nitrogens with two attached hydrogens (primary N) is 1. The van der Waals surface area contributed by atoms with E-state index in [4.69, 9.17) is 5.73 Å². The maximum absolute atomic E-state index is 11.8. The molecule has 0 aromatic heterocycles. The van der Waals surface area contributed by atoms with Crippen molar-refractivity contribution in [1.82, 2.24) is 10.2 Å². The summed E-state index contributed by atoms with van der Waals surface area (Å²) < 4.78 is 0. The molecular formula is C13H17N3O2. The number of hydrogen-bond donors (Lipinski definition) is 2. The van der Waals surface area contributed by atoms with Gasteiger partial charge in [0.05, 0.1) is 6.54 Å². The highest BCUT2D eigenvalue weighted by molar-refractivity contribution is 5.92. The molecule has 0 unspecified atom stereocenters. The van der Waals surface area contributed by atoms with Gasteiger partial charge in [-0.05, 0) is 30.7 Å². The van der Waals surface area contributed by atoms with Crippen molar-refractivity contribution in [3.05, 3.63) is 35.4 Å². The van der Waals surface area contributed by atoms with E-state index in [-0.39, 0.29) is 5.91 Å². The second-order valence-electron chi connectivity index (χ2n) is 4.41. The summed E-state index contributed by atoms with van der Waals surface area (Å²) in [4.78, 5) is 24.6. The van der Waals surface area contributed by atoms with Gasteiger partial charge in [0, 0.05) is 18.7 Å². The molecule has 0 atom stereocenters. The third-order valence-electron chi connectivity index (χ3n) is 3.02. The number of primary amides is 1. The van der Waals surface area contributed by atoms with E-state index in [0.29, 0.717) is 18.7 Å². The highest BCUT2D eigenvalue weighted by Gasteiger charge is 2.16. The molecule has 18 heavy (non-hydrogen) atoms. The Balaban J connectivity index is 2.03. The van der Waals surface area contributed by atoms with Gasteiger partial charge in [-0.2, -0.15) is 0 Å². The number of carbonyl (C=O) groups excluding carboxylic acids is 2. The highest BCUT2D eigenvalue weighted by atomic mass is 16.2. The van der Waals surface area contributed by atoms with E-state index in [0.717, 1.165) is 25.1 Å². The molecule has 1 aliphatic heterocycles.